The number of fused-ring (bicyclic) bond motifs is 1. The summed E-state index contributed by atoms with van der Waals surface area (Å²) in [6, 6.07) is 8.59. The molecule has 2 aromatic rings. The molecule has 1 saturated heterocycles. The molecule has 2 aliphatic heterocycles. The normalized spacial score (nSPS) is 22.0. The summed E-state index contributed by atoms with van der Waals surface area (Å²) in [5, 5.41) is 10.9. The Morgan fingerprint density at radius 2 is 2.05 bits per heavy atom. The van der Waals surface area contributed by atoms with Crippen molar-refractivity contribution in [1.82, 2.24) is 20.5 Å². The Bertz CT molecular complexity index is 605. The molecule has 1 atom stereocenters. The Hall–Kier alpha value is -1.53. The van der Waals surface area contributed by atoms with Gasteiger partial charge in [0.1, 0.15) is 5.82 Å². The number of piperazine rings is 1. The second kappa shape index (κ2) is 5.10. The molecule has 20 heavy (non-hydrogen) atoms. The minimum atomic E-state index is 0.348. The van der Waals surface area contributed by atoms with E-state index >= 15 is 0 Å². The van der Waals surface area contributed by atoms with Crippen LogP contribution in [0.5, 0.6) is 0 Å². The lowest BCUT2D eigenvalue weighted by molar-refractivity contribution is 0.580. The topological polar surface area (TPSA) is 56.8 Å². The van der Waals surface area contributed by atoms with E-state index in [-0.39, 0.29) is 0 Å². The van der Waals surface area contributed by atoms with Crippen LogP contribution in [0.25, 0.3) is 0 Å². The van der Waals surface area contributed by atoms with Crippen LogP contribution < -0.4 is 10.2 Å². The summed E-state index contributed by atoms with van der Waals surface area (Å²) in [5.74, 6) is 3.24. The Balaban J connectivity index is 1.59. The van der Waals surface area contributed by atoms with E-state index in [9.17, 15) is 0 Å². The molecule has 0 aliphatic carbocycles. The van der Waals surface area contributed by atoms with Crippen molar-refractivity contribution in [3.63, 3.8) is 0 Å². The van der Waals surface area contributed by atoms with Gasteiger partial charge in [-0.1, -0.05) is 18.2 Å². The zero-order valence-corrected chi connectivity index (χ0v) is 12.0. The standard InChI is InChI=1S/C14H17N5S/c1-2-4-12-10(3-1)11(9-20-12)13-16-14(18-17-13)19-7-5-15-6-8-19/h1-4,11,15H,5-9H2,(H,16,17,18). The van der Waals surface area contributed by atoms with Gasteiger partial charge < -0.3 is 10.2 Å². The van der Waals surface area contributed by atoms with E-state index in [0.717, 1.165) is 43.7 Å². The maximum Gasteiger partial charge on any atom is 0.244 e. The molecule has 1 unspecified atom stereocenters. The van der Waals surface area contributed by atoms with Crippen molar-refractivity contribution >= 4 is 17.7 Å². The lowest BCUT2D eigenvalue weighted by Crippen LogP contribution is -2.44. The summed E-state index contributed by atoms with van der Waals surface area (Å²) in [6.07, 6.45) is 0. The van der Waals surface area contributed by atoms with Gasteiger partial charge in [0.25, 0.3) is 0 Å². The summed E-state index contributed by atoms with van der Waals surface area (Å²) >= 11 is 1.90. The van der Waals surface area contributed by atoms with Gasteiger partial charge in [-0.05, 0) is 11.6 Å². The SMILES string of the molecule is c1ccc2c(c1)SCC2c1nc(N2CCNCC2)n[nH]1. The molecule has 0 spiro atoms. The van der Waals surface area contributed by atoms with E-state index in [1.54, 1.807) is 0 Å². The van der Waals surface area contributed by atoms with Crippen LogP contribution in [-0.2, 0) is 0 Å². The Morgan fingerprint density at radius 1 is 1.20 bits per heavy atom. The number of aromatic nitrogens is 3. The lowest BCUT2D eigenvalue weighted by Gasteiger charge is -2.25. The fourth-order valence-electron chi connectivity index (χ4n) is 2.82. The number of hydrogen-bond donors (Lipinski definition) is 2. The first-order valence-corrected chi connectivity index (χ1v) is 8.00. The van der Waals surface area contributed by atoms with Crippen molar-refractivity contribution in [1.29, 1.82) is 0 Å². The van der Waals surface area contributed by atoms with Gasteiger partial charge in [0.2, 0.25) is 5.95 Å². The van der Waals surface area contributed by atoms with Gasteiger partial charge in [-0.15, -0.1) is 16.9 Å². The molecule has 0 amide bonds. The number of anilines is 1. The first-order chi connectivity index (χ1) is 9.92. The molecule has 6 heteroatoms. The van der Waals surface area contributed by atoms with Crippen molar-refractivity contribution in [2.24, 2.45) is 0 Å². The highest BCUT2D eigenvalue weighted by molar-refractivity contribution is 7.99. The summed E-state index contributed by atoms with van der Waals surface area (Å²) < 4.78 is 0. The second-order valence-corrected chi connectivity index (χ2v) is 6.22. The third-order valence-electron chi connectivity index (χ3n) is 3.92. The predicted octanol–water partition coefficient (Wildman–Crippen LogP) is 1.45. The molecule has 1 fully saturated rings. The molecular weight excluding hydrogens is 270 g/mol. The molecule has 1 aromatic carbocycles. The maximum absolute atomic E-state index is 4.73. The van der Waals surface area contributed by atoms with E-state index in [1.807, 2.05) is 11.8 Å². The summed E-state index contributed by atoms with van der Waals surface area (Å²) in [7, 11) is 0. The van der Waals surface area contributed by atoms with Crippen molar-refractivity contribution in [3.8, 4) is 0 Å². The minimum Gasteiger partial charge on any atom is -0.337 e. The van der Waals surface area contributed by atoms with Crippen molar-refractivity contribution < 1.29 is 0 Å². The highest BCUT2D eigenvalue weighted by Crippen LogP contribution is 2.41. The monoisotopic (exact) mass is 287 g/mol. The van der Waals surface area contributed by atoms with Gasteiger partial charge in [0, 0.05) is 36.8 Å². The van der Waals surface area contributed by atoms with Crippen LogP contribution in [-0.4, -0.2) is 47.1 Å². The number of nitrogens with one attached hydrogen (secondary N) is 2. The van der Waals surface area contributed by atoms with E-state index in [4.69, 9.17) is 4.98 Å². The molecule has 0 bridgehead atoms. The van der Waals surface area contributed by atoms with Crippen molar-refractivity contribution in [2.75, 3.05) is 36.8 Å². The van der Waals surface area contributed by atoms with Crippen LogP contribution in [0.3, 0.4) is 0 Å². The predicted molar refractivity (Wildman–Crippen MR) is 80.5 cm³/mol. The first-order valence-electron chi connectivity index (χ1n) is 7.01. The number of nitrogens with zero attached hydrogens (tertiary/aromatic N) is 3. The Labute approximate surface area is 122 Å². The highest BCUT2D eigenvalue weighted by atomic mass is 32.2. The molecule has 104 valence electrons. The second-order valence-electron chi connectivity index (χ2n) is 5.16. The van der Waals surface area contributed by atoms with Crippen molar-refractivity contribution in [3.05, 3.63) is 35.7 Å². The van der Waals surface area contributed by atoms with Crippen LogP contribution in [0.2, 0.25) is 0 Å². The van der Waals surface area contributed by atoms with Crippen LogP contribution in [0.4, 0.5) is 5.95 Å². The van der Waals surface area contributed by atoms with Crippen LogP contribution in [0.1, 0.15) is 17.3 Å². The van der Waals surface area contributed by atoms with Crippen LogP contribution >= 0.6 is 11.8 Å². The molecule has 2 N–H and O–H groups in total. The van der Waals surface area contributed by atoms with E-state index in [1.165, 1.54) is 10.5 Å². The minimum absolute atomic E-state index is 0.348. The highest BCUT2D eigenvalue weighted by Gasteiger charge is 2.27. The van der Waals surface area contributed by atoms with Gasteiger partial charge in [-0.2, -0.15) is 4.98 Å². The average Bonchev–Trinajstić information content (AvgIpc) is 3.14. The molecule has 3 heterocycles. The van der Waals surface area contributed by atoms with Gasteiger partial charge >= 0.3 is 0 Å². The lowest BCUT2D eigenvalue weighted by atomic mass is 10.0. The molecule has 0 radical (unpaired) electrons. The maximum atomic E-state index is 4.73. The zero-order chi connectivity index (χ0) is 13.4. The number of benzene rings is 1. The van der Waals surface area contributed by atoms with Gasteiger partial charge in [0.05, 0.1) is 5.92 Å². The Morgan fingerprint density at radius 3 is 2.95 bits per heavy atom. The molecule has 2 aliphatic rings. The van der Waals surface area contributed by atoms with Gasteiger partial charge in [0.15, 0.2) is 0 Å². The molecule has 1 aromatic heterocycles. The Kier molecular flexibility index (Phi) is 3.12. The summed E-state index contributed by atoms with van der Waals surface area (Å²) in [5.41, 5.74) is 1.38. The molecular formula is C14H17N5S. The van der Waals surface area contributed by atoms with E-state index in [2.05, 4.69) is 44.7 Å². The van der Waals surface area contributed by atoms with Gasteiger partial charge in [-0.25, -0.2) is 0 Å². The van der Waals surface area contributed by atoms with Gasteiger partial charge in [-0.3, -0.25) is 5.10 Å². The number of H-pyrrole nitrogens is 1. The summed E-state index contributed by atoms with van der Waals surface area (Å²) in [4.78, 5) is 8.35. The number of aromatic amines is 1. The van der Waals surface area contributed by atoms with Crippen LogP contribution in [0.15, 0.2) is 29.2 Å². The number of rotatable bonds is 2. The fraction of sp³-hybridized carbons (Fsp3) is 0.429. The molecule has 4 rings (SSSR count). The average molecular weight is 287 g/mol. The largest absolute Gasteiger partial charge is 0.337 e. The zero-order valence-electron chi connectivity index (χ0n) is 11.2. The molecule has 0 saturated carbocycles. The number of hydrogen-bond acceptors (Lipinski definition) is 5. The van der Waals surface area contributed by atoms with E-state index < -0.39 is 0 Å². The third kappa shape index (κ3) is 2.09. The first kappa shape index (κ1) is 12.2. The summed E-state index contributed by atoms with van der Waals surface area (Å²) in [6.45, 7) is 3.97. The fourth-order valence-corrected chi connectivity index (χ4v) is 4.05. The van der Waals surface area contributed by atoms with E-state index in [0.29, 0.717) is 5.92 Å². The third-order valence-corrected chi connectivity index (χ3v) is 5.10. The molecule has 5 nitrogen and oxygen atoms in total. The van der Waals surface area contributed by atoms with Crippen molar-refractivity contribution in [2.45, 2.75) is 10.8 Å². The quantitative estimate of drug-likeness (QED) is 0.875. The number of thioether (sulfide) groups is 1. The van der Waals surface area contributed by atoms with Crippen LogP contribution in [0, 0.1) is 0 Å². The smallest absolute Gasteiger partial charge is 0.244 e.